The lowest BCUT2D eigenvalue weighted by molar-refractivity contribution is 0.104. The van der Waals surface area contributed by atoms with Crippen LogP contribution in [0.2, 0.25) is 0 Å². The predicted molar refractivity (Wildman–Crippen MR) is 64.8 cm³/mol. The largest absolute Gasteiger partial charge is 0.330 e. The summed E-state index contributed by atoms with van der Waals surface area (Å²) in [6.45, 7) is 0.632. The number of thiophene rings is 2. The third kappa shape index (κ3) is 2.34. The molecule has 0 saturated carbocycles. The number of carbonyl (C=O) groups excluding carboxylic acids is 1. The molecule has 0 unspecified atom stereocenters. The molecule has 0 atom stereocenters. The van der Waals surface area contributed by atoms with Gasteiger partial charge in [-0.3, -0.25) is 4.79 Å². The Kier molecular flexibility index (Phi) is 3.30. The van der Waals surface area contributed by atoms with Gasteiger partial charge in [0, 0.05) is 4.88 Å². The van der Waals surface area contributed by atoms with Crippen molar-refractivity contribution < 1.29 is 4.79 Å². The zero-order chi connectivity index (χ0) is 10.7. The summed E-state index contributed by atoms with van der Waals surface area (Å²) in [6, 6.07) is 7.62. The van der Waals surface area contributed by atoms with E-state index in [1.165, 1.54) is 16.2 Å². The van der Waals surface area contributed by atoms with Crippen LogP contribution in [0.5, 0.6) is 0 Å². The van der Waals surface area contributed by atoms with Crippen molar-refractivity contribution in [2.24, 2.45) is 5.73 Å². The first-order valence-electron chi connectivity index (χ1n) is 4.68. The second-order valence-corrected chi connectivity index (χ2v) is 5.23. The molecular weight excluding hydrogens is 226 g/mol. The summed E-state index contributed by atoms with van der Waals surface area (Å²) in [7, 11) is 0. The van der Waals surface area contributed by atoms with Crippen LogP contribution in [0.1, 0.15) is 19.4 Å². The fourth-order valence-corrected chi connectivity index (χ4v) is 3.03. The van der Waals surface area contributed by atoms with Crippen LogP contribution in [0.15, 0.2) is 29.6 Å². The van der Waals surface area contributed by atoms with Crippen LogP contribution < -0.4 is 5.73 Å². The molecule has 0 radical (unpaired) electrons. The Labute approximate surface area is 96.4 Å². The number of rotatable bonds is 4. The van der Waals surface area contributed by atoms with Crippen molar-refractivity contribution in [2.75, 3.05) is 6.54 Å². The van der Waals surface area contributed by atoms with Crippen molar-refractivity contribution in [3.63, 3.8) is 0 Å². The molecule has 2 rings (SSSR count). The van der Waals surface area contributed by atoms with Crippen LogP contribution in [0.3, 0.4) is 0 Å². The van der Waals surface area contributed by atoms with Crippen LogP contribution in [-0.4, -0.2) is 12.3 Å². The topological polar surface area (TPSA) is 43.1 Å². The van der Waals surface area contributed by atoms with Gasteiger partial charge in [-0.2, -0.15) is 0 Å². The monoisotopic (exact) mass is 237 g/mol. The molecule has 0 amide bonds. The summed E-state index contributed by atoms with van der Waals surface area (Å²) in [5.41, 5.74) is 5.46. The normalized spacial score (nSPS) is 10.5. The SMILES string of the molecule is NCCc1ccc(C(=O)c2cccs2)s1. The summed E-state index contributed by atoms with van der Waals surface area (Å²) in [6.07, 6.45) is 0.850. The fourth-order valence-electron chi connectivity index (χ4n) is 1.31. The molecule has 2 aromatic heterocycles. The Morgan fingerprint density at radius 1 is 1.27 bits per heavy atom. The minimum atomic E-state index is 0.123. The van der Waals surface area contributed by atoms with Gasteiger partial charge in [0.25, 0.3) is 0 Å². The number of ketones is 1. The first-order chi connectivity index (χ1) is 7.31. The van der Waals surface area contributed by atoms with E-state index in [2.05, 4.69) is 0 Å². The summed E-state index contributed by atoms with van der Waals surface area (Å²) in [5, 5.41) is 1.92. The van der Waals surface area contributed by atoms with Gasteiger partial charge in [-0.25, -0.2) is 0 Å². The van der Waals surface area contributed by atoms with Gasteiger partial charge in [-0.05, 0) is 36.5 Å². The number of carbonyl (C=O) groups is 1. The van der Waals surface area contributed by atoms with E-state index in [1.54, 1.807) is 11.3 Å². The molecule has 0 spiro atoms. The number of hydrogen-bond acceptors (Lipinski definition) is 4. The smallest absolute Gasteiger partial charge is 0.212 e. The molecule has 2 N–H and O–H groups in total. The zero-order valence-electron chi connectivity index (χ0n) is 8.10. The molecular formula is C11H11NOS2. The van der Waals surface area contributed by atoms with E-state index in [4.69, 9.17) is 5.73 Å². The molecule has 2 nitrogen and oxygen atoms in total. The quantitative estimate of drug-likeness (QED) is 0.830. The Hall–Kier alpha value is -0.970. The third-order valence-corrected chi connectivity index (χ3v) is 4.03. The van der Waals surface area contributed by atoms with Crippen LogP contribution in [0.4, 0.5) is 0 Å². The molecule has 2 heterocycles. The summed E-state index contributed by atoms with van der Waals surface area (Å²) >= 11 is 3.02. The van der Waals surface area contributed by atoms with E-state index in [-0.39, 0.29) is 5.78 Å². The highest BCUT2D eigenvalue weighted by Crippen LogP contribution is 2.22. The second-order valence-electron chi connectivity index (χ2n) is 3.11. The Morgan fingerprint density at radius 3 is 2.80 bits per heavy atom. The van der Waals surface area contributed by atoms with E-state index < -0.39 is 0 Å². The Balaban J connectivity index is 2.19. The Morgan fingerprint density at radius 2 is 2.13 bits per heavy atom. The van der Waals surface area contributed by atoms with E-state index in [0.29, 0.717) is 6.54 Å². The second kappa shape index (κ2) is 4.70. The van der Waals surface area contributed by atoms with Gasteiger partial charge >= 0.3 is 0 Å². The van der Waals surface area contributed by atoms with Crippen molar-refractivity contribution in [3.8, 4) is 0 Å². The molecule has 0 aliphatic heterocycles. The minimum absolute atomic E-state index is 0.123. The first kappa shape index (κ1) is 10.5. The maximum atomic E-state index is 11.9. The summed E-state index contributed by atoms with van der Waals surface area (Å²) in [4.78, 5) is 14.7. The maximum Gasteiger partial charge on any atom is 0.212 e. The van der Waals surface area contributed by atoms with Gasteiger partial charge in [0.1, 0.15) is 0 Å². The third-order valence-electron chi connectivity index (χ3n) is 2.02. The van der Waals surface area contributed by atoms with E-state index >= 15 is 0 Å². The van der Waals surface area contributed by atoms with Crippen LogP contribution in [0.25, 0.3) is 0 Å². The fraction of sp³-hybridized carbons (Fsp3) is 0.182. The van der Waals surface area contributed by atoms with Gasteiger partial charge in [-0.15, -0.1) is 22.7 Å². The molecule has 0 aromatic carbocycles. The highest BCUT2D eigenvalue weighted by atomic mass is 32.1. The molecule has 0 aliphatic carbocycles. The lowest BCUT2D eigenvalue weighted by Crippen LogP contribution is -2.00. The van der Waals surface area contributed by atoms with Crippen LogP contribution in [0, 0.1) is 0 Å². The molecule has 0 fully saturated rings. The van der Waals surface area contributed by atoms with Crippen LogP contribution in [-0.2, 0) is 6.42 Å². The molecule has 2 aromatic rings. The number of nitrogens with two attached hydrogens (primary N) is 1. The lowest BCUT2D eigenvalue weighted by Gasteiger charge is -1.92. The Bertz CT molecular complexity index is 445. The molecule has 4 heteroatoms. The van der Waals surface area contributed by atoms with Crippen molar-refractivity contribution in [2.45, 2.75) is 6.42 Å². The van der Waals surface area contributed by atoms with Crippen LogP contribution >= 0.6 is 22.7 Å². The number of hydrogen-bond donors (Lipinski definition) is 1. The van der Waals surface area contributed by atoms with Gasteiger partial charge in [0.05, 0.1) is 9.75 Å². The van der Waals surface area contributed by atoms with Gasteiger partial charge in [0.2, 0.25) is 5.78 Å². The van der Waals surface area contributed by atoms with E-state index in [0.717, 1.165) is 16.2 Å². The summed E-state index contributed by atoms with van der Waals surface area (Å²) in [5.74, 6) is 0.123. The molecule has 15 heavy (non-hydrogen) atoms. The van der Waals surface area contributed by atoms with Crippen molar-refractivity contribution in [1.82, 2.24) is 0 Å². The van der Waals surface area contributed by atoms with Crippen molar-refractivity contribution >= 4 is 28.5 Å². The molecule has 0 saturated heterocycles. The average molecular weight is 237 g/mol. The summed E-state index contributed by atoms with van der Waals surface area (Å²) < 4.78 is 0. The maximum absolute atomic E-state index is 11.9. The first-order valence-corrected chi connectivity index (χ1v) is 6.38. The van der Waals surface area contributed by atoms with Crippen molar-refractivity contribution in [3.05, 3.63) is 44.3 Å². The van der Waals surface area contributed by atoms with E-state index in [9.17, 15) is 4.79 Å². The van der Waals surface area contributed by atoms with Crippen molar-refractivity contribution in [1.29, 1.82) is 0 Å². The highest BCUT2D eigenvalue weighted by molar-refractivity contribution is 7.16. The molecule has 0 aliphatic rings. The zero-order valence-corrected chi connectivity index (χ0v) is 9.74. The van der Waals surface area contributed by atoms with Gasteiger partial charge in [0.15, 0.2) is 0 Å². The van der Waals surface area contributed by atoms with Gasteiger partial charge in [-0.1, -0.05) is 6.07 Å². The average Bonchev–Trinajstić information content (AvgIpc) is 2.87. The van der Waals surface area contributed by atoms with E-state index in [1.807, 2.05) is 29.6 Å². The highest BCUT2D eigenvalue weighted by Gasteiger charge is 2.12. The molecule has 78 valence electrons. The standard InChI is InChI=1S/C11H11NOS2/c12-6-5-8-3-4-10(15-8)11(13)9-2-1-7-14-9/h1-4,7H,5-6,12H2. The lowest BCUT2D eigenvalue weighted by atomic mass is 10.2. The van der Waals surface area contributed by atoms with Gasteiger partial charge < -0.3 is 5.73 Å². The predicted octanol–water partition coefficient (Wildman–Crippen LogP) is 2.54. The molecule has 0 bridgehead atoms. The minimum Gasteiger partial charge on any atom is -0.330 e.